The van der Waals surface area contributed by atoms with Crippen LogP contribution in [0.4, 0.5) is 6.01 Å². The Kier molecular flexibility index (Phi) is 4.04. The van der Waals surface area contributed by atoms with Crippen molar-refractivity contribution < 1.29 is 9.26 Å². The van der Waals surface area contributed by atoms with Crippen LogP contribution in [0, 0.1) is 0 Å². The SMILES string of the molecule is COc1cccc(-c2noc(N(C)Cc3nc4ccccc4n3C)n2)c1. The zero-order valence-electron chi connectivity index (χ0n) is 14.9. The van der Waals surface area contributed by atoms with Crippen molar-refractivity contribution in [1.29, 1.82) is 0 Å². The summed E-state index contributed by atoms with van der Waals surface area (Å²) in [5, 5.41) is 4.08. The Bertz CT molecular complexity index is 1050. The second-order valence-corrected chi connectivity index (χ2v) is 6.06. The highest BCUT2D eigenvalue weighted by Crippen LogP contribution is 2.24. The number of methoxy groups -OCH3 is 1. The molecule has 132 valence electrons. The summed E-state index contributed by atoms with van der Waals surface area (Å²) in [5.41, 5.74) is 2.91. The summed E-state index contributed by atoms with van der Waals surface area (Å²) in [6.07, 6.45) is 0. The van der Waals surface area contributed by atoms with E-state index in [-0.39, 0.29) is 0 Å². The second kappa shape index (κ2) is 6.51. The fourth-order valence-electron chi connectivity index (χ4n) is 2.87. The van der Waals surface area contributed by atoms with Gasteiger partial charge in [-0.1, -0.05) is 29.4 Å². The van der Waals surface area contributed by atoms with E-state index >= 15 is 0 Å². The van der Waals surface area contributed by atoms with Crippen LogP contribution in [0.1, 0.15) is 5.82 Å². The molecule has 0 atom stereocenters. The van der Waals surface area contributed by atoms with Gasteiger partial charge in [0.05, 0.1) is 24.7 Å². The number of imidazole rings is 1. The first kappa shape index (κ1) is 16.1. The molecule has 0 aliphatic rings. The quantitative estimate of drug-likeness (QED) is 0.551. The Morgan fingerprint density at radius 1 is 1.12 bits per heavy atom. The zero-order chi connectivity index (χ0) is 18.1. The molecule has 26 heavy (non-hydrogen) atoms. The third kappa shape index (κ3) is 2.88. The van der Waals surface area contributed by atoms with E-state index < -0.39 is 0 Å². The van der Waals surface area contributed by atoms with Crippen molar-refractivity contribution in [3.05, 3.63) is 54.4 Å². The van der Waals surface area contributed by atoms with Gasteiger partial charge in [-0.2, -0.15) is 4.98 Å². The first-order chi connectivity index (χ1) is 12.7. The minimum atomic E-state index is 0.440. The van der Waals surface area contributed by atoms with E-state index in [1.54, 1.807) is 7.11 Å². The van der Waals surface area contributed by atoms with Gasteiger partial charge in [-0.3, -0.25) is 0 Å². The lowest BCUT2D eigenvalue weighted by molar-refractivity contribution is 0.414. The molecule has 0 aliphatic carbocycles. The van der Waals surface area contributed by atoms with Crippen molar-refractivity contribution >= 4 is 17.0 Å². The van der Waals surface area contributed by atoms with Gasteiger partial charge in [-0.15, -0.1) is 0 Å². The van der Waals surface area contributed by atoms with Crippen LogP contribution < -0.4 is 9.64 Å². The highest BCUT2D eigenvalue weighted by molar-refractivity contribution is 5.75. The predicted molar refractivity (Wildman–Crippen MR) is 99.1 cm³/mol. The molecule has 0 spiro atoms. The van der Waals surface area contributed by atoms with Gasteiger partial charge < -0.3 is 18.7 Å². The van der Waals surface area contributed by atoms with Crippen LogP contribution in [-0.4, -0.2) is 33.8 Å². The van der Waals surface area contributed by atoms with Gasteiger partial charge in [-0.05, 0) is 24.3 Å². The highest BCUT2D eigenvalue weighted by atomic mass is 16.5. The van der Waals surface area contributed by atoms with Crippen LogP contribution >= 0.6 is 0 Å². The van der Waals surface area contributed by atoms with E-state index in [4.69, 9.17) is 9.26 Å². The molecule has 0 unspecified atom stereocenters. The van der Waals surface area contributed by atoms with E-state index in [1.165, 1.54) is 0 Å². The molecule has 4 rings (SSSR count). The first-order valence-corrected chi connectivity index (χ1v) is 8.25. The molecule has 2 aromatic heterocycles. The lowest BCUT2D eigenvalue weighted by Gasteiger charge is -2.13. The number of fused-ring (bicyclic) bond motifs is 1. The minimum Gasteiger partial charge on any atom is -0.497 e. The Labute approximate surface area is 150 Å². The van der Waals surface area contributed by atoms with Crippen molar-refractivity contribution in [2.75, 3.05) is 19.1 Å². The molecular weight excluding hydrogens is 330 g/mol. The minimum absolute atomic E-state index is 0.440. The molecule has 0 aliphatic heterocycles. The summed E-state index contributed by atoms with van der Waals surface area (Å²) in [5.74, 6) is 2.20. The van der Waals surface area contributed by atoms with Gasteiger partial charge in [0.15, 0.2) is 0 Å². The summed E-state index contributed by atoms with van der Waals surface area (Å²) in [6.45, 7) is 0.560. The molecule has 0 fully saturated rings. The lowest BCUT2D eigenvalue weighted by atomic mass is 10.2. The standard InChI is InChI=1S/C19H19N5O2/c1-23(12-17-20-15-9-4-5-10-16(15)24(17)2)19-21-18(22-26-19)13-7-6-8-14(11-13)25-3/h4-11H,12H2,1-3H3. The van der Waals surface area contributed by atoms with Crippen LogP contribution in [0.2, 0.25) is 0 Å². The molecule has 0 saturated carbocycles. The van der Waals surface area contributed by atoms with Gasteiger partial charge in [0.25, 0.3) is 0 Å². The molecule has 0 bridgehead atoms. The average molecular weight is 349 g/mol. The third-order valence-corrected chi connectivity index (χ3v) is 4.33. The van der Waals surface area contributed by atoms with Crippen molar-refractivity contribution in [3.63, 3.8) is 0 Å². The number of hydrogen-bond acceptors (Lipinski definition) is 6. The molecule has 2 aromatic carbocycles. The van der Waals surface area contributed by atoms with Gasteiger partial charge >= 0.3 is 6.01 Å². The first-order valence-electron chi connectivity index (χ1n) is 8.25. The van der Waals surface area contributed by atoms with Crippen LogP contribution in [0.25, 0.3) is 22.4 Å². The Morgan fingerprint density at radius 3 is 2.77 bits per heavy atom. The molecule has 0 saturated heterocycles. The fraction of sp³-hybridized carbons (Fsp3) is 0.211. The number of benzene rings is 2. The normalized spacial score (nSPS) is 11.0. The van der Waals surface area contributed by atoms with Crippen molar-refractivity contribution in [1.82, 2.24) is 19.7 Å². The van der Waals surface area contributed by atoms with Crippen LogP contribution in [0.3, 0.4) is 0 Å². The molecule has 0 N–H and O–H groups in total. The van der Waals surface area contributed by atoms with Crippen molar-refractivity contribution in [2.24, 2.45) is 7.05 Å². The third-order valence-electron chi connectivity index (χ3n) is 4.33. The summed E-state index contributed by atoms with van der Waals surface area (Å²) in [4.78, 5) is 11.1. The number of ether oxygens (including phenoxy) is 1. The van der Waals surface area contributed by atoms with E-state index in [0.717, 1.165) is 28.2 Å². The number of nitrogens with zero attached hydrogens (tertiary/aromatic N) is 5. The number of anilines is 1. The smallest absolute Gasteiger partial charge is 0.324 e. The number of aryl methyl sites for hydroxylation is 1. The summed E-state index contributed by atoms with van der Waals surface area (Å²) >= 11 is 0. The van der Waals surface area contributed by atoms with E-state index in [1.807, 2.05) is 61.5 Å². The number of aromatic nitrogens is 4. The lowest BCUT2D eigenvalue weighted by Crippen LogP contribution is -2.19. The van der Waals surface area contributed by atoms with Crippen LogP contribution in [0.15, 0.2) is 53.1 Å². The van der Waals surface area contributed by atoms with E-state index in [9.17, 15) is 0 Å². The topological polar surface area (TPSA) is 69.2 Å². The predicted octanol–water partition coefficient (Wildman–Crippen LogP) is 3.27. The monoisotopic (exact) mass is 349 g/mol. The van der Waals surface area contributed by atoms with E-state index in [0.29, 0.717) is 18.4 Å². The maximum Gasteiger partial charge on any atom is 0.324 e. The van der Waals surface area contributed by atoms with Crippen molar-refractivity contribution in [2.45, 2.75) is 6.54 Å². The maximum absolute atomic E-state index is 5.43. The number of para-hydroxylation sites is 2. The number of hydrogen-bond donors (Lipinski definition) is 0. The molecule has 0 amide bonds. The van der Waals surface area contributed by atoms with Crippen LogP contribution in [0.5, 0.6) is 5.75 Å². The highest BCUT2D eigenvalue weighted by Gasteiger charge is 2.16. The second-order valence-electron chi connectivity index (χ2n) is 6.06. The molecule has 0 radical (unpaired) electrons. The Balaban J connectivity index is 1.57. The average Bonchev–Trinajstić information content (AvgIpc) is 3.28. The van der Waals surface area contributed by atoms with Crippen LogP contribution in [-0.2, 0) is 13.6 Å². The molecule has 2 heterocycles. The maximum atomic E-state index is 5.43. The summed E-state index contributed by atoms with van der Waals surface area (Å²) < 4.78 is 12.7. The van der Waals surface area contributed by atoms with Gasteiger partial charge in [0, 0.05) is 19.7 Å². The molecule has 4 aromatic rings. The fourth-order valence-corrected chi connectivity index (χ4v) is 2.87. The Hall–Kier alpha value is -3.35. The molecular formula is C19H19N5O2. The van der Waals surface area contributed by atoms with Gasteiger partial charge in [0.2, 0.25) is 5.82 Å². The van der Waals surface area contributed by atoms with Gasteiger partial charge in [-0.25, -0.2) is 4.98 Å². The van der Waals surface area contributed by atoms with Crippen molar-refractivity contribution in [3.8, 4) is 17.1 Å². The summed E-state index contributed by atoms with van der Waals surface area (Å²) in [6, 6.07) is 16.1. The summed E-state index contributed by atoms with van der Waals surface area (Å²) in [7, 11) is 5.54. The zero-order valence-corrected chi connectivity index (χ0v) is 14.9. The largest absolute Gasteiger partial charge is 0.497 e. The van der Waals surface area contributed by atoms with Gasteiger partial charge in [0.1, 0.15) is 11.6 Å². The number of rotatable bonds is 5. The Morgan fingerprint density at radius 2 is 1.96 bits per heavy atom. The van der Waals surface area contributed by atoms with E-state index in [2.05, 4.69) is 25.8 Å². The molecule has 7 nitrogen and oxygen atoms in total. The molecule has 7 heteroatoms.